The number of ether oxygens (including phenoxy) is 2. The largest absolute Gasteiger partial charge is 0.496 e. The summed E-state index contributed by atoms with van der Waals surface area (Å²) < 4.78 is 11.3. The normalized spacial score (nSPS) is 14.3. The Balaban J connectivity index is 1.78. The van der Waals surface area contributed by atoms with E-state index in [0.29, 0.717) is 17.1 Å². The van der Waals surface area contributed by atoms with Gasteiger partial charge >= 0.3 is 0 Å². The molecule has 3 aromatic rings. The lowest BCUT2D eigenvalue weighted by Gasteiger charge is -2.22. The van der Waals surface area contributed by atoms with E-state index in [1.54, 1.807) is 20.3 Å². The van der Waals surface area contributed by atoms with Gasteiger partial charge in [0.1, 0.15) is 23.4 Å². The fraction of sp³-hybridized carbons (Fsp3) is 0.273. The van der Waals surface area contributed by atoms with Crippen LogP contribution in [0.5, 0.6) is 11.5 Å². The first-order chi connectivity index (χ1) is 13.7. The second-order valence-electron chi connectivity index (χ2n) is 6.73. The number of aromatic nitrogens is 2. The van der Waals surface area contributed by atoms with Gasteiger partial charge in [0, 0.05) is 24.7 Å². The molecule has 0 radical (unpaired) electrons. The van der Waals surface area contributed by atoms with Gasteiger partial charge < -0.3 is 19.4 Å². The van der Waals surface area contributed by atoms with Gasteiger partial charge in [0.05, 0.1) is 36.5 Å². The van der Waals surface area contributed by atoms with Crippen LogP contribution in [0.25, 0.3) is 22.7 Å². The molecule has 6 heteroatoms. The lowest BCUT2D eigenvalue weighted by atomic mass is 10.1. The van der Waals surface area contributed by atoms with Gasteiger partial charge in [-0.2, -0.15) is 5.26 Å². The summed E-state index contributed by atoms with van der Waals surface area (Å²) >= 11 is 0. The zero-order chi connectivity index (χ0) is 19.5. The minimum atomic E-state index is 0.436. The first-order valence-corrected chi connectivity index (χ1v) is 9.31. The van der Waals surface area contributed by atoms with Gasteiger partial charge in [-0.3, -0.25) is 0 Å². The average Bonchev–Trinajstić information content (AvgIpc) is 3.41. The van der Waals surface area contributed by atoms with E-state index in [1.807, 2.05) is 36.4 Å². The number of allylic oxidation sites excluding steroid dienone is 1. The number of anilines is 1. The number of imidazole rings is 1. The molecule has 4 rings (SSSR count). The molecule has 6 nitrogen and oxygen atoms in total. The fourth-order valence-electron chi connectivity index (χ4n) is 3.61. The molecule has 0 saturated carbocycles. The van der Waals surface area contributed by atoms with E-state index in [2.05, 4.69) is 20.9 Å². The zero-order valence-corrected chi connectivity index (χ0v) is 16.0. The molecule has 0 atom stereocenters. The summed E-state index contributed by atoms with van der Waals surface area (Å²) in [5.41, 5.74) is 3.96. The molecule has 1 N–H and O–H groups in total. The number of fused-ring (bicyclic) bond motifs is 1. The maximum Gasteiger partial charge on any atom is 0.149 e. The van der Waals surface area contributed by atoms with Crippen LogP contribution >= 0.6 is 0 Å². The van der Waals surface area contributed by atoms with E-state index in [0.717, 1.165) is 41.1 Å². The number of para-hydroxylation sites is 2. The van der Waals surface area contributed by atoms with Gasteiger partial charge in [0.25, 0.3) is 0 Å². The maximum atomic E-state index is 9.72. The van der Waals surface area contributed by atoms with Gasteiger partial charge in [-0.05, 0) is 37.1 Å². The van der Waals surface area contributed by atoms with Crippen molar-refractivity contribution in [1.82, 2.24) is 9.97 Å². The van der Waals surface area contributed by atoms with Crippen molar-refractivity contribution in [3.63, 3.8) is 0 Å². The lowest BCUT2D eigenvalue weighted by molar-refractivity contribution is 0.402. The Morgan fingerprint density at radius 1 is 1.14 bits per heavy atom. The number of H-pyrrole nitrogens is 1. The van der Waals surface area contributed by atoms with E-state index in [4.69, 9.17) is 9.47 Å². The van der Waals surface area contributed by atoms with Crippen molar-refractivity contribution in [3.8, 4) is 17.6 Å². The van der Waals surface area contributed by atoms with E-state index in [1.165, 1.54) is 12.8 Å². The van der Waals surface area contributed by atoms with Crippen LogP contribution < -0.4 is 14.4 Å². The van der Waals surface area contributed by atoms with Crippen LogP contribution in [0.2, 0.25) is 0 Å². The molecular formula is C22H22N4O2. The molecule has 0 aliphatic carbocycles. The van der Waals surface area contributed by atoms with Crippen molar-refractivity contribution < 1.29 is 9.47 Å². The summed E-state index contributed by atoms with van der Waals surface area (Å²) in [5.74, 6) is 2.01. The predicted octanol–water partition coefficient (Wildman–Crippen LogP) is 4.24. The minimum absolute atomic E-state index is 0.436. The number of nitriles is 1. The summed E-state index contributed by atoms with van der Waals surface area (Å²) in [7, 11) is 3.31. The van der Waals surface area contributed by atoms with Crippen molar-refractivity contribution >= 4 is 28.4 Å². The van der Waals surface area contributed by atoms with Gasteiger partial charge in [-0.1, -0.05) is 12.1 Å². The molecule has 28 heavy (non-hydrogen) atoms. The highest BCUT2D eigenvalue weighted by atomic mass is 16.5. The van der Waals surface area contributed by atoms with E-state index < -0.39 is 0 Å². The second-order valence-corrected chi connectivity index (χ2v) is 6.73. The van der Waals surface area contributed by atoms with E-state index in [9.17, 15) is 5.26 Å². The van der Waals surface area contributed by atoms with Crippen molar-refractivity contribution in [3.05, 3.63) is 47.8 Å². The molecule has 0 unspecified atom stereocenters. The van der Waals surface area contributed by atoms with E-state index >= 15 is 0 Å². The number of aromatic amines is 1. The van der Waals surface area contributed by atoms with Crippen LogP contribution in [0, 0.1) is 11.3 Å². The second kappa shape index (κ2) is 7.65. The summed E-state index contributed by atoms with van der Waals surface area (Å²) in [6.45, 7) is 2.02. The maximum absolute atomic E-state index is 9.72. The molecule has 1 aliphatic rings. The smallest absolute Gasteiger partial charge is 0.149 e. The quantitative estimate of drug-likeness (QED) is 0.676. The topological polar surface area (TPSA) is 74.2 Å². The van der Waals surface area contributed by atoms with Crippen LogP contribution in [0.3, 0.4) is 0 Å². The Hall–Kier alpha value is -3.46. The summed E-state index contributed by atoms with van der Waals surface area (Å²) in [6, 6.07) is 13.9. The third-order valence-corrected chi connectivity index (χ3v) is 5.04. The third kappa shape index (κ3) is 3.27. The number of methoxy groups -OCH3 is 2. The van der Waals surface area contributed by atoms with E-state index in [-0.39, 0.29) is 0 Å². The number of nitrogens with zero attached hydrogens (tertiary/aromatic N) is 3. The van der Waals surface area contributed by atoms with Crippen LogP contribution in [0.4, 0.5) is 5.69 Å². The number of nitrogens with one attached hydrogen (secondary N) is 1. The van der Waals surface area contributed by atoms with Gasteiger partial charge in [-0.25, -0.2) is 4.98 Å². The predicted molar refractivity (Wildman–Crippen MR) is 111 cm³/mol. The number of benzene rings is 2. The molecule has 142 valence electrons. The van der Waals surface area contributed by atoms with Crippen molar-refractivity contribution in [2.24, 2.45) is 0 Å². The molecule has 0 amide bonds. The van der Waals surface area contributed by atoms with Crippen molar-refractivity contribution in [1.29, 1.82) is 5.26 Å². The molecule has 0 spiro atoms. The SMILES string of the molecule is COc1cc(N2CCCC2)c(OC)cc1/C=C(\C#N)c1nc2ccccc2[nH]1. The van der Waals surface area contributed by atoms with Gasteiger partial charge in [-0.15, -0.1) is 0 Å². The average molecular weight is 374 g/mol. The number of hydrogen-bond donors (Lipinski definition) is 1. The Kier molecular flexibility index (Phi) is 4.90. The molecule has 2 aromatic carbocycles. The fourth-order valence-corrected chi connectivity index (χ4v) is 3.61. The Morgan fingerprint density at radius 2 is 1.89 bits per heavy atom. The molecule has 1 aromatic heterocycles. The highest BCUT2D eigenvalue weighted by Gasteiger charge is 2.19. The molecule has 1 fully saturated rings. The minimum Gasteiger partial charge on any atom is -0.496 e. The Morgan fingerprint density at radius 3 is 2.57 bits per heavy atom. The van der Waals surface area contributed by atoms with Gasteiger partial charge in [0.15, 0.2) is 0 Å². The first-order valence-electron chi connectivity index (χ1n) is 9.31. The molecule has 1 saturated heterocycles. The van der Waals surface area contributed by atoms with Crippen LogP contribution in [-0.2, 0) is 0 Å². The molecular weight excluding hydrogens is 352 g/mol. The van der Waals surface area contributed by atoms with Crippen LogP contribution in [-0.4, -0.2) is 37.3 Å². The lowest BCUT2D eigenvalue weighted by Crippen LogP contribution is -2.18. The molecule has 1 aliphatic heterocycles. The first kappa shape index (κ1) is 17.9. The number of hydrogen-bond acceptors (Lipinski definition) is 5. The summed E-state index contributed by atoms with van der Waals surface area (Å²) in [6.07, 6.45) is 4.14. The Bertz CT molecular complexity index is 1040. The highest BCUT2D eigenvalue weighted by Crippen LogP contribution is 2.38. The summed E-state index contributed by atoms with van der Waals surface area (Å²) in [5, 5.41) is 9.72. The number of rotatable bonds is 5. The zero-order valence-electron chi connectivity index (χ0n) is 16.0. The van der Waals surface area contributed by atoms with Crippen molar-refractivity contribution in [2.45, 2.75) is 12.8 Å². The standard InChI is InChI=1S/C22H22N4O2/c1-27-20-13-19(26-9-5-6-10-26)21(28-2)12-15(20)11-16(14-23)22-24-17-7-3-4-8-18(17)25-22/h3-4,7-8,11-13H,5-6,9-10H2,1-2H3,(H,24,25)/b16-11+. The summed E-state index contributed by atoms with van der Waals surface area (Å²) in [4.78, 5) is 10.0. The van der Waals surface area contributed by atoms with Gasteiger partial charge in [0.2, 0.25) is 0 Å². The molecule has 2 heterocycles. The highest BCUT2D eigenvalue weighted by molar-refractivity contribution is 5.92. The van der Waals surface area contributed by atoms with Crippen molar-refractivity contribution in [2.75, 3.05) is 32.2 Å². The molecule has 0 bridgehead atoms. The van der Waals surface area contributed by atoms with Crippen LogP contribution in [0.1, 0.15) is 24.2 Å². The van der Waals surface area contributed by atoms with Crippen LogP contribution in [0.15, 0.2) is 36.4 Å². The Labute approximate surface area is 164 Å². The monoisotopic (exact) mass is 374 g/mol. The third-order valence-electron chi connectivity index (χ3n) is 5.04.